The van der Waals surface area contributed by atoms with Gasteiger partial charge >= 0.3 is 5.97 Å². The first-order chi connectivity index (χ1) is 8.02. The molecule has 0 aromatic heterocycles. The van der Waals surface area contributed by atoms with E-state index >= 15 is 0 Å². The number of nitrogens with zero attached hydrogens (tertiary/aromatic N) is 1. The van der Waals surface area contributed by atoms with Gasteiger partial charge in [-0.2, -0.15) is 0 Å². The third-order valence-electron chi connectivity index (χ3n) is 3.73. The number of amides is 1. The Kier molecular flexibility index (Phi) is 5.80. The van der Waals surface area contributed by atoms with E-state index in [1.165, 1.54) is 0 Å². The Morgan fingerprint density at radius 1 is 1.17 bits per heavy atom. The minimum Gasteiger partial charge on any atom is -0.481 e. The topological polar surface area (TPSA) is 69.6 Å². The molecule has 1 amide bonds. The van der Waals surface area contributed by atoms with Crippen LogP contribution >= 0.6 is 0 Å². The second-order valence-corrected chi connectivity index (χ2v) is 5.87. The molecule has 0 atom stereocenters. The van der Waals surface area contributed by atoms with Crippen molar-refractivity contribution in [3.05, 3.63) is 0 Å². The van der Waals surface area contributed by atoms with Crippen molar-refractivity contribution in [1.29, 1.82) is 0 Å². The van der Waals surface area contributed by atoms with E-state index < -0.39 is 16.9 Å². The Labute approximate surface area is 110 Å². The number of carboxylic acid groups (broad SMARTS) is 1. The molecule has 0 saturated carbocycles. The van der Waals surface area contributed by atoms with Crippen LogP contribution in [0.3, 0.4) is 0 Å². The molecule has 0 saturated heterocycles. The molecule has 0 aliphatic rings. The Morgan fingerprint density at radius 3 is 2.06 bits per heavy atom. The summed E-state index contributed by atoms with van der Waals surface area (Å²) in [6.45, 7) is 7.77. The van der Waals surface area contributed by atoms with Gasteiger partial charge in [0.05, 0.1) is 5.41 Å². The molecule has 0 unspecified atom stereocenters. The lowest BCUT2D eigenvalue weighted by Crippen LogP contribution is -2.55. The van der Waals surface area contributed by atoms with E-state index in [2.05, 4.69) is 5.32 Å². The van der Waals surface area contributed by atoms with Crippen molar-refractivity contribution in [2.75, 3.05) is 20.6 Å². The molecule has 2 N–H and O–H groups in total. The zero-order chi connectivity index (χ0) is 14.6. The van der Waals surface area contributed by atoms with Crippen LogP contribution < -0.4 is 5.32 Å². The summed E-state index contributed by atoms with van der Waals surface area (Å²) in [5, 5.41) is 12.4. The van der Waals surface area contributed by atoms with Gasteiger partial charge in [0.1, 0.15) is 0 Å². The molecule has 18 heavy (non-hydrogen) atoms. The van der Waals surface area contributed by atoms with Crippen LogP contribution in [0.25, 0.3) is 0 Å². The first kappa shape index (κ1) is 16.9. The summed E-state index contributed by atoms with van der Waals surface area (Å²) in [5.74, 6) is -0.739. The number of aliphatic carboxylic acids is 1. The van der Waals surface area contributed by atoms with Gasteiger partial charge in [0.25, 0.3) is 0 Å². The Balaban J connectivity index is 4.21. The van der Waals surface area contributed by atoms with Crippen LogP contribution in [0.15, 0.2) is 0 Å². The third-order valence-corrected chi connectivity index (χ3v) is 3.73. The maximum atomic E-state index is 11.4. The highest BCUT2D eigenvalue weighted by atomic mass is 16.4. The molecule has 0 fully saturated rings. The van der Waals surface area contributed by atoms with E-state index in [0.717, 1.165) is 0 Å². The van der Waals surface area contributed by atoms with Crippen molar-refractivity contribution in [2.45, 2.75) is 46.1 Å². The van der Waals surface area contributed by atoms with Gasteiger partial charge in [-0.1, -0.05) is 0 Å². The van der Waals surface area contributed by atoms with Gasteiger partial charge in [-0.15, -0.1) is 0 Å². The van der Waals surface area contributed by atoms with Gasteiger partial charge in [0.15, 0.2) is 0 Å². The number of hydrogen-bond donors (Lipinski definition) is 2. The van der Waals surface area contributed by atoms with Gasteiger partial charge in [-0.05, 0) is 40.7 Å². The lowest BCUT2D eigenvalue weighted by molar-refractivity contribution is -0.151. The van der Waals surface area contributed by atoms with Crippen LogP contribution in [0, 0.1) is 5.41 Å². The number of carboxylic acids is 1. The van der Waals surface area contributed by atoms with Crippen molar-refractivity contribution in [1.82, 2.24) is 10.2 Å². The van der Waals surface area contributed by atoms with Crippen molar-refractivity contribution < 1.29 is 14.7 Å². The number of carbonyl (C=O) groups is 2. The number of nitrogens with one attached hydrogen (secondary N) is 1. The van der Waals surface area contributed by atoms with Crippen LogP contribution in [0.4, 0.5) is 0 Å². The maximum absolute atomic E-state index is 11.4. The minimum absolute atomic E-state index is 0.0899. The molecule has 0 heterocycles. The van der Waals surface area contributed by atoms with Gasteiger partial charge in [0, 0.05) is 26.1 Å². The summed E-state index contributed by atoms with van der Waals surface area (Å²) in [7, 11) is 3.46. The third kappa shape index (κ3) is 4.29. The maximum Gasteiger partial charge on any atom is 0.310 e. The second-order valence-electron chi connectivity index (χ2n) is 5.87. The molecule has 0 rings (SSSR count). The highest BCUT2D eigenvalue weighted by molar-refractivity contribution is 5.76. The molecule has 5 heteroatoms. The summed E-state index contributed by atoms with van der Waals surface area (Å²) in [4.78, 5) is 24.1. The van der Waals surface area contributed by atoms with E-state index in [4.69, 9.17) is 0 Å². The summed E-state index contributed by atoms with van der Waals surface area (Å²) in [5.41, 5.74) is -1.39. The Bertz CT molecular complexity index is 309. The van der Waals surface area contributed by atoms with Crippen LogP contribution in [-0.4, -0.2) is 48.1 Å². The van der Waals surface area contributed by atoms with Crippen molar-refractivity contribution >= 4 is 11.9 Å². The fraction of sp³-hybridized carbons (Fsp3) is 0.846. The fourth-order valence-corrected chi connectivity index (χ4v) is 1.35. The minimum atomic E-state index is -0.863. The van der Waals surface area contributed by atoms with E-state index in [0.29, 0.717) is 19.4 Å². The Hall–Kier alpha value is -1.10. The van der Waals surface area contributed by atoms with E-state index in [-0.39, 0.29) is 5.91 Å². The van der Waals surface area contributed by atoms with Gasteiger partial charge in [-0.25, -0.2) is 0 Å². The first-order valence-electron chi connectivity index (χ1n) is 6.21. The van der Waals surface area contributed by atoms with Gasteiger partial charge in [-0.3, -0.25) is 9.59 Å². The number of rotatable bonds is 7. The fourth-order valence-electron chi connectivity index (χ4n) is 1.35. The number of hydrogen-bond acceptors (Lipinski definition) is 3. The normalized spacial score (nSPS) is 12.3. The first-order valence-corrected chi connectivity index (χ1v) is 6.21. The van der Waals surface area contributed by atoms with Crippen LogP contribution in [-0.2, 0) is 9.59 Å². The molecule has 106 valence electrons. The monoisotopic (exact) mass is 258 g/mol. The highest BCUT2D eigenvalue weighted by Gasteiger charge is 2.42. The average molecular weight is 258 g/mol. The molecular weight excluding hydrogens is 232 g/mol. The van der Waals surface area contributed by atoms with Gasteiger partial charge < -0.3 is 15.3 Å². The van der Waals surface area contributed by atoms with Crippen molar-refractivity contribution in [3.8, 4) is 0 Å². The largest absolute Gasteiger partial charge is 0.481 e. The zero-order valence-corrected chi connectivity index (χ0v) is 12.3. The molecule has 0 bridgehead atoms. The van der Waals surface area contributed by atoms with E-state index in [1.807, 2.05) is 13.8 Å². The standard InChI is InChI=1S/C13H26N2O3/c1-12(2,11(17)18)13(3,4)14-9-7-8-10(16)15(5)6/h14H,7-9H2,1-6H3,(H,17,18). The Morgan fingerprint density at radius 2 is 1.67 bits per heavy atom. The zero-order valence-electron chi connectivity index (χ0n) is 12.3. The molecule has 0 aromatic rings. The van der Waals surface area contributed by atoms with Crippen LogP contribution in [0.2, 0.25) is 0 Å². The molecule has 0 aliphatic heterocycles. The molecule has 0 aromatic carbocycles. The highest BCUT2D eigenvalue weighted by Crippen LogP contribution is 2.30. The van der Waals surface area contributed by atoms with Gasteiger partial charge in [0.2, 0.25) is 5.91 Å². The predicted molar refractivity (Wildman–Crippen MR) is 71.4 cm³/mol. The smallest absolute Gasteiger partial charge is 0.310 e. The quantitative estimate of drug-likeness (QED) is 0.676. The molecular formula is C13H26N2O3. The molecule has 0 aliphatic carbocycles. The summed E-state index contributed by atoms with van der Waals surface area (Å²) >= 11 is 0. The lowest BCUT2D eigenvalue weighted by Gasteiger charge is -2.39. The summed E-state index contributed by atoms with van der Waals surface area (Å²) < 4.78 is 0. The van der Waals surface area contributed by atoms with Crippen LogP contribution in [0.5, 0.6) is 0 Å². The summed E-state index contributed by atoms with van der Waals surface area (Å²) in [6.07, 6.45) is 1.18. The lowest BCUT2D eigenvalue weighted by atomic mass is 9.74. The SMILES string of the molecule is CN(C)C(=O)CCCNC(C)(C)C(C)(C)C(=O)O. The average Bonchev–Trinajstić information content (AvgIpc) is 2.23. The van der Waals surface area contributed by atoms with E-state index in [9.17, 15) is 14.7 Å². The number of carbonyl (C=O) groups excluding carboxylic acids is 1. The molecule has 0 spiro atoms. The molecule has 5 nitrogen and oxygen atoms in total. The van der Waals surface area contributed by atoms with Crippen LogP contribution in [0.1, 0.15) is 40.5 Å². The second kappa shape index (κ2) is 6.18. The molecule has 0 radical (unpaired) electrons. The summed E-state index contributed by atoms with van der Waals surface area (Å²) in [6, 6.07) is 0. The van der Waals surface area contributed by atoms with Crippen molar-refractivity contribution in [3.63, 3.8) is 0 Å². The van der Waals surface area contributed by atoms with Crippen molar-refractivity contribution in [2.24, 2.45) is 5.41 Å². The van der Waals surface area contributed by atoms with E-state index in [1.54, 1.807) is 32.8 Å². The predicted octanol–water partition coefficient (Wildman–Crippen LogP) is 1.33.